The number of rotatable bonds is 5. The lowest BCUT2D eigenvalue weighted by Crippen LogP contribution is -2.08. The molecule has 0 fully saturated rings. The molecule has 18 heavy (non-hydrogen) atoms. The van der Waals surface area contributed by atoms with Crippen molar-refractivity contribution < 1.29 is 9.79 Å². The summed E-state index contributed by atoms with van der Waals surface area (Å²) in [5.41, 5.74) is 0. The van der Waals surface area contributed by atoms with Crippen LogP contribution >= 0.6 is 16.3 Å². The van der Waals surface area contributed by atoms with Gasteiger partial charge in [0.15, 0.2) is 0 Å². The number of hydrogen-bond donors (Lipinski definition) is 2. The molecule has 4 heteroatoms. The molecule has 0 saturated heterocycles. The van der Waals surface area contributed by atoms with Gasteiger partial charge in [-0.2, -0.15) is 0 Å². The minimum absolute atomic E-state index is 0.649. The monoisotopic (exact) mass is 278 g/mol. The largest absolute Gasteiger partial charge is 0.369 e. The third-order valence-corrected chi connectivity index (χ3v) is 6.07. The molecule has 2 nitrogen and oxygen atoms in total. The molecule has 2 rings (SSSR count). The van der Waals surface area contributed by atoms with Crippen LogP contribution in [-0.2, 0) is 0 Å². The highest BCUT2D eigenvalue weighted by Crippen LogP contribution is 2.36. The van der Waals surface area contributed by atoms with Gasteiger partial charge in [-0.3, -0.25) is 0 Å². The predicted molar refractivity (Wildman–Crippen MR) is 80.2 cm³/mol. The van der Waals surface area contributed by atoms with E-state index in [4.69, 9.17) is 0 Å². The zero-order valence-electron chi connectivity index (χ0n) is 9.98. The SMILES string of the molecule is OP(CCP(O)c1ccccc1)c1ccccc1. The second kappa shape index (κ2) is 6.97. The van der Waals surface area contributed by atoms with Crippen molar-refractivity contribution in [1.29, 1.82) is 0 Å². The molecule has 2 atom stereocenters. The Kier molecular flexibility index (Phi) is 5.28. The van der Waals surface area contributed by atoms with Gasteiger partial charge < -0.3 is 9.79 Å². The van der Waals surface area contributed by atoms with E-state index in [1.54, 1.807) is 0 Å². The summed E-state index contributed by atoms with van der Waals surface area (Å²) in [6.45, 7) is 0. The standard InChI is InChI=1S/C14H16O2P2/c15-17(13-7-3-1-4-8-13)11-12-18(16)14-9-5-2-6-10-14/h1-10,15-16H,11-12H2. The fourth-order valence-electron chi connectivity index (χ4n) is 1.65. The maximum Gasteiger partial charge on any atom is 0.0567 e. The highest BCUT2D eigenvalue weighted by Gasteiger charge is 2.12. The summed E-state index contributed by atoms with van der Waals surface area (Å²) in [6, 6.07) is 19.4. The van der Waals surface area contributed by atoms with E-state index in [0.717, 1.165) is 10.6 Å². The van der Waals surface area contributed by atoms with E-state index in [1.165, 1.54) is 0 Å². The summed E-state index contributed by atoms with van der Waals surface area (Å²) in [5, 5.41) is 1.95. The fraction of sp³-hybridized carbons (Fsp3) is 0.143. The molecular formula is C14H16O2P2. The molecule has 94 valence electrons. The lowest BCUT2D eigenvalue weighted by Gasteiger charge is -2.14. The smallest absolute Gasteiger partial charge is 0.0567 e. The normalized spacial score (nSPS) is 14.1. The van der Waals surface area contributed by atoms with Crippen molar-refractivity contribution in [1.82, 2.24) is 0 Å². The van der Waals surface area contributed by atoms with Gasteiger partial charge in [0.1, 0.15) is 0 Å². The highest BCUT2D eigenvalue weighted by atomic mass is 31.1. The van der Waals surface area contributed by atoms with Gasteiger partial charge in [0.2, 0.25) is 0 Å². The molecule has 2 unspecified atom stereocenters. The molecule has 0 heterocycles. The van der Waals surface area contributed by atoms with E-state index in [1.807, 2.05) is 60.7 Å². The summed E-state index contributed by atoms with van der Waals surface area (Å²) in [4.78, 5) is 20.2. The van der Waals surface area contributed by atoms with Crippen LogP contribution in [0, 0.1) is 0 Å². The topological polar surface area (TPSA) is 40.5 Å². The van der Waals surface area contributed by atoms with Gasteiger partial charge in [0, 0.05) is 22.9 Å². The van der Waals surface area contributed by atoms with E-state index < -0.39 is 16.3 Å². The fourth-order valence-corrected chi connectivity index (χ4v) is 4.71. The quantitative estimate of drug-likeness (QED) is 0.825. The second-order valence-corrected chi connectivity index (χ2v) is 7.44. The van der Waals surface area contributed by atoms with Crippen LogP contribution < -0.4 is 10.6 Å². The van der Waals surface area contributed by atoms with Crippen LogP contribution in [0.1, 0.15) is 0 Å². The highest BCUT2D eigenvalue weighted by molar-refractivity contribution is 7.63. The Bertz CT molecular complexity index is 416. The summed E-state index contributed by atoms with van der Waals surface area (Å²) in [5.74, 6) is 0. The summed E-state index contributed by atoms with van der Waals surface area (Å²) >= 11 is 0. The minimum atomic E-state index is -1.14. The Hall–Kier alpha value is -0.780. The van der Waals surface area contributed by atoms with Crippen molar-refractivity contribution in [2.24, 2.45) is 0 Å². The third-order valence-electron chi connectivity index (χ3n) is 2.63. The zero-order valence-corrected chi connectivity index (χ0v) is 11.8. The van der Waals surface area contributed by atoms with Gasteiger partial charge >= 0.3 is 0 Å². The van der Waals surface area contributed by atoms with Crippen LogP contribution in [0.2, 0.25) is 0 Å². The van der Waals surface area contributed by atoms with Gasteiger partial charge in [-0.05, 0) is 0 Å². The van der Waals surface area contributed by atoms with Crippen molar-refractivity contribution in [3.63, 3.8) is 0 Å². The Morgan fingerprint density at radius 3 is 1.28 bits per heavy atom. The molecule has 0 saturated carbocycles. The van der Waals surface area contributed by atoms with Crippen LogP contribution in [0.25, 0.3) is 0 Å². The summed E-state index contributed by atoms with van der Waals surface area (Å²) in [6.07, 6.45) is 1.30. The lowest BCUT2D eigenvalue weighted by atomic mass is 10.4. The molecule has 0 aliphatic rings. The molecule has 0 aliphatic heterocycles. The molecule has 2 aromatic carbocycles. The molecule has 0 bridgehead atoms. The summed E-state index contributed by atoms with van der Waals surface area (Å²) < 4.78 is 0. The predicted octanol–water partition coefficient (Wildman–Crippen LogP) is 2.42. The van der Waals surface area contributed by atoms with Gasteiger partial charge in [-0.25, -0.2) is 0 Å². The Labute approximate surface area is 110 Å². The van der Waals surface area contributed by atoms with Crippen molar-refractivity contribution in [3.8, 4) is 0 Å². The van der Waals surface area contributed by atoms with E-state index in [9.17, 15) is 9.79 Å². The van der Waals surface area contributed by atoms with E-state index in [-0.39, 0.29) is 0 Å². The van der Waals surface area contributed by atoms with Crippen molar-refractivity contribution in [2.75, 3.05) is 12.3 Å². The zero-order chi connectivity index (χ0) is 12.8. The maximum atomic E-state index is 10.1. The maximum absolute atomic E-state index is 10.1. The molecule has 2 N–H and O–H groups in total. The van der Waals surface area contributed by atoms with Crippen LogP contribution in [0.5, 0.6) is 0 Å². The molecule has 2 aromatic rings. The van der Waals surface area contributed by atoms with Gasteiger partial charge in [0.25, 0.3) is 0 Å². The lowest BCUT2D eigenvalue weighted by molar-refractivity contribution is 0.626. The van der Waals surface area contributed by atoms with Gasteiger partial charge in [0.05, 0.1) is 16.3 Å². The molecule has 0 amide bonds. The molecule has 0 radical (unpaired) electrons. The summed E-state index contributed by atoms with van der Waals surface area (Å²) in [7, 11) is -2.28. The van der Waals surface area contributed by atoms with Crippen LogP contribution in [0.3, 0.4) is 0 Å². The first-order chi connectivity index (χ1) is 8.77. The Morgan fingerprint density at radius 1 is 0.611 bits per heavy atom. The number of benzene rings is 2. The van der Waals surface area contributed by atoms with Crippen LogP contribution in [-0.4, -0.2) is 22.1 Å². The van der Waals surface area contributed by atoms with Crippen LogP contribution in [0.15, 0.2) is 60.7 Å². The van der Waals surface area contributed by atoms with Crippen molar-refractivity contribution in [3.05, 3.63) is 60.7 Å². The Morgan fingerprint density at radius 2 is 0.944 bits per heavy atom. The first-order valence-corrected chi connectivity index (χ1v) is 8.76. The van der Waals surface area contributed by atoms with Crippen molar-refractivity contribution >= 4 is 26.9 Å². The van der Waals surface area contributed by atoms with Crippen molar-refractivity contribution in [2.45, 2.75) is 0 Å². The van der Waals surface area contributed by atoms with E-state index >= 15 is 0 Å². The van der Waals surface area contributed by atoms with Crippen LogP contribution in [0.4, 0.5) is 0 Å². The average molecular weight is 278 g/mol. The van der Waals surface area contributed by atoms with Gasteiger partial charge in [-0.15, -0.1) is 0 Å². The third kappa shape index (κ3) is 3.86. The minimum Gasteiger partial charge on any atom is -0.369 e. The second-order valence-electron chi connectivity index (χ2n) is 3.92. The molecule has 0 aliphatic carbocycles. The average Bonchev–Trinajstić information content (AvgIpc) is 2.46. The first kappa shape index (κ1) is 13.6. The van der Waals surface area contributed by atoms with E-state index in [0.29, 0.717) is 12.3 Å². The first-order valence-electron chi connectivity index (χ1n) is 5.80. The van der Waals surface area contributed by atoms with E-state index in [2.05, 4.69) is 0 Å². The van der Waals surface area contributed by atoms with Gasteiger partial charge in [-0.1, -0.05) is 60.7 Å². The Balaban J connectivity index is 1.89. The number of hydrogen-bond acceptors (Lipinski definition) is 2. The molecule has 0 aromatic heterocycles. The molecule has 0 spiro atoms. The molecular weight excluding hydrogens is 262 g/mol.